The summed E-state index contributed by atoms with van der Waals surface area (Å²) in [5, 5.41) is 12.2. The van der Waals surface area contributed by atoms with Crippen molar-refractivity contribution >= 4 is 17.9 Å². The third-order valence-corrected chi connectivity index (χ3v) is 4.05. The van der Waals surface area contributed by atoms with Gasteiger partial charge in [0.2, 0.25) is 6.08 Å². The second kappa shape index (κ2) is 6.32. The van der Waals surface area contributed by atoms with E-state index in [1.54, 1.807) is 18.3 Å². The molecule has 1 fully saturated rings. The summed E-state index contributed by atoms with van der Waals surface area (Å²) in [7, 11) is 0. The van der Waals surface area contributed by atoms with E-state index in [4.69, 9.17) is 0 Å². The molecule has 2 rings (SSSR count). The number of H-pyrrole nitrogens is 1. The fourth-order valence-corrected chi connectivity index (χ4v) is 3.75. The smallest absolute Gasteiger partial charge is 0.320 e. The number of isocyanates is 1. The maximum absolute atomic E-state index is 12.1. The zero-order valence-corrected chi connectivity index (χ0v) is 13.3. The van der Waals surface area contributed by atoms with E-state index < -0.39 is 0 Å². The van der Waals surface area contributed by atoms with Crippen LogP contribution in [0.2, 0.25) is 0 Å². The minimum absolute atomic E-state index is 0.0403. The molecule has 0 saturated heterocycles. The summed E-state index contributed by atoms with van der Waals surface area (Å²) in [5.74, 6) is 0.556. The second-order valence-corrected chi connectivity index (χ2v) is 7.23. The number of aliphatic imine (C=N–C) groups is 1. The summed E-state index contributed by atoms with van der Waals surface area (Å²) in [4.78, 5) is 26.2. The van der Waals surface area contributed by atoms with Gasteiger partial charge in [0.25, 0.3) is 0 Å². The van der Waals surface area contributed by atoms with Gasteiger partial charge < -0.3 is 5.32 Å². The molecule has 1 aliphatic rings. The van der Waals surface area contributed by atoms with Crippen LogP contribution in [0.1, 0.15) is 40.0 Å². The van der Waals surface area contributed by atoms with Crippen molar-refractivity contribution in [3.05, 3.63) is 12.3 Å². The van der Waals surface area contributed by atoms with E-state index >= 15 is 0 Å². The molecule has 1 saturated carbocycles. The lowest BCUT2D eigenvalue weighted by Crippen LogP contribution is -2.48. The average Bonchev–Trinajstić information content (AvgIpc) is 2.86. The van der Waals surface area contributed by atoms with Gasteiger partial charge in [-0.15, -0.1) is 0 Å². The first kappa shape index (κ1) is 16.2. The number of rotatable bonds is 4. The molecule has 2 unspecified atom stereocenters. The molecular weight excluding hydrogens is 282 g/mol. The lowest BCUT2D eigenvalue weighted by atomic mass is 9.62. The van der Waals surface area contributed by atoms with Gasteiger partial charge in [0.15, 0.2) is 0 Å². The summed E-state index contributed by atoms with van der Waals surface area (Å²) >= 11 is 0. The Balaban J connectivity index is 2.00. The van der Waals surface area contributed by atoms with Crippen LogP contribution in [0.15, 0.2) is 17.3 Å². The number of urea groups is 1. The maximum atomic E-state index is 12.1. The van der Waals surface area contributed by atoms with Crippen LogP contribution in [-0.4, -0.2) is 34.9 Å². The van der Waals surface area contributed by atoms with E-state index in [-0.39, 0.29) is 22.9 Å². The highest BCUT2D eigenvalue weighted by Crippen LogP contribution is 2.46. The van der Waals surface area contributed by atoms with Crippen LogP contribution in [-0.2, 0) is 4.79 Å². The van der Waals surface area contributed by atoms with Gasteiger partial charge in [0, 0.05) is 12.1 Å². The normalized spacial score (nSPS) is 26.8. The molecule has 0 spiro atoms. The molecule has 1 aliphatic carbocycles. The Morgan fingerprint density at radius 3 is 2.91 bits per heavy atom. The van der Waals surface area contributed by atoms with Gasteiger partial charge in [-0.25, -0.2) is 14.6 Å². The summed E-state index contributed by atoms with van der Waals surface area (Å²) in [6.07, 6.45) is 5.84. The van der Waals surface area contributed by atoms with Crippen molar-refractivity contribution < 1.29 is 9.59 Å². The molecule has 7 nitrogen and oxygen atoms in total. The van der Waals surface area contributed by atoms with Crippen LogP contribution in [0.4, 0.5) is 10.6 Å². The number of carbonyl (C=O) groups excluding carboxylic acids is 2. The molecule has 7 heteroatoms. The van der Waals surface area contributed by atoms with Gasteiger partial charge in [-0.1, -0.05) is 20.8 Å². The van der Waals surface area contributed by atoms with Crippen LogP contribution >= 0.6 is 0 Å². The molecule has 3 N–H and O–H groups in total. The quantitative estimate of drug-likeness (QED) is 0.588. The Hall–Kier alpha value is -2.14. The zero-order chi connectivity index (χ0) is 16.2. The average molecular weight is 305 g/mol. The molecule has 22 heavy (non-hydrogen) atoms. The highest BCUT2D eigenvalue weighted by molar-refractivity contribution is 5.88. The van der Waals surface area contributed by atoms with Crippen LogP contribution in [0.3, 0.4) is 0 Å². The van der Waals surface area contributed by atoms with Crippen LogP contribution in [0, 0.1) is 10.8 Å². The molecule has 0 aliphatic heterocycles. The number of aromatic amines is 1. The highest BCUT2D eigenvalue weighted by atomic mass is 16.2. The number of anilines is 1. The van der Waals surface area contributed by atoms with Gasteiger partial charge in [0.1, 0.15) is 5.82 Å². The fraction of sp³-hybridized carbons (Fsp3) is 0.667. The maximum Gasteiger partial charge on any atom is 0.320 e. The molecule has 1 aromatic rings. The topological polar surface area (TPSA) is 99.2 Å². The zero-order valence-electron chi connectivity index (χ0n) is 13.3. The van der Waals surface area contributed by atoms with Crippen LogP contribution in [0.25, 0.3) is 0 Å². The summed E-state index contributed by atoms with van der Waals surface area (Å²) in [6.45, 7) is 6.91. The van der Waals surface area contributed by atoms with E-state index in [9.17, 15) is 9.59 Å². The van der Waals surface area contributed by atoms with Crippen molar-refractivity contribution in [1.82, 2.24) is 15.5 Å². The Morgan fingerprint density at radius 1 is 1.50 bits per heavy atom. The molecular formula is C15H23N5O2. The van der Waals surface area contributed by atoms with E-state index in [0.717, 1.165) is 19.3 Å². The highest BCUT2D eigenvalue weighted by Gasteiger charge is 2.41. The van der Waals surface area contributed by atoms with Crippen LogP contribution in [0.5, 0.6) is 0 Å². The Kier molecular flexibility index (Phi) is 4.66. The SMILES string of the molecule is CC1(C)CC(NC(=O)Nc2ccn[nH]2)CC(C)(CN=C=O)C1. The minimum atomic E-state index is -0.256. The number of carbonyl (C=O) groups is 1. The molecule has 0 aromatic carbocycles. The first-order valence-corrected chi connectivity index (χ1v) is 7.42. The van der Waals surface area contributed by atoms with Crippen molar-refractivity contribution in [2.24, 2.45) is 15.8 Å². The summed E-state index contributed by atoms with van der Waals surface area (Å²) in [6, 6.07) is 1.47. The van der Waals surface area contributed by atoms with E-state index in [2.05, 4.69) is 46.6 Å². The number of hydrogen-bond donors (Lipinski definition) is 3. The second-order valence-electron chi connectivity index (χ2n) is 7.23. The van der Waals surface area contributed by atoms with Gasteiger partial charge in [0.05, 0.1) is 12.7 Å². The Bertz CT molecular complexity index is 562. The molecule has 1 heterocycles. The van der Waals surface area contributed by atoms with Crippen molar-refractivity contribution in [1.29, 1.82) is 0 Å². The van der Waals surface area contributed by atoms with Crippen molar-refractivity contribution in [3.63, 3.8) is 0 Å². The first-order chi connectivity index (χ1) is 10.3. The molecule has 1 aromatic heterocycles. The van der Waals surface area contributed by atoms with Gasteiger partial charge in [-0.05, 0) is 30.1 Å². The van der Waals surface area contributed by atoms with Crippen molar-refractivity contribution in [2.45, 2.75) is 46.1 Å². The minimum Gasteiger partial charge on any atom is -0.335 e. The number of hydrogen-bond acceptors (Lipinski definition) is 4. The van der Waals surface area contributed by atoms with Crippen LogP contribution < -0.4 is 10.6 Å². The monoisotopic (exact) mass is 305 g/mol. The largest absolute Gasteiger partial charge is 0.335 e. The van der Waals surface area contributed by atoms with E-state index in [0.29, 0.717) is 12.4 Å². The molecule has 0 radical (unpaired) electrons. The third-order valence-electron chi connectivity index (χ3n) is 4.05. The van der Waals surface area contributed by atoms with Gasteiger partial charge >= 0.3 is 6.03 Å². The molecule has 120 valence electrons. The number of amides is 2. The molecule has 2 atom stereocenters. The number of nitrogens with zero attached hydrogens (tertiary/aromatic N) is 2. The fourth-order valence-electron chi connectivity index (χ4n) is 3.75. The summed E-state index contributed by atoms with van der Waals surface area (Å²) in [5.41, 5.74) is -0.0254. The predicted molar refractivity (Wildman–Crippen MR) is 83.3 cm³/mol. The van der Waals surface area contributed by atoms with E-state index in [1.807, 2.05) is 0 Å². The molecule has 2 amide bonds. The van der Waals surface area contributed by atoms with Gasteiger partial charge in [-0.2, -0.15) is 5.10 Å². The molecule has 0 bridgehead atoms. The summed E-state index contributed by atoms with van der Waals surface area (Å²) < 4.78 is 0. The lowest BCUT2D eigenvalue weighted by molar-refractivity contribution is 0.0815. The van der Waals surface area contributed by atoms with Crippen molar-refractivity contribution in [3.8, 4) is 0 Å². The Morgan fingerprint density at radius 2 is 2.27 bits per heavy atom. The standard InChI is InChI=1S/C15H23N5O2/c1-14(2)6-11(7-15(3,8-14)9-16-10-21)18-13(22)19-12-4-5-17-20-12/h4-5,11H,6-9H2,1-3H3,(H3,17,18,19,20,22). The lowest BCUT2D eigenvalue weighted by Gasteiger charge is -2.46. The third kappa shape index (κ3) is 4.43. The Labute approximate surface area is 130 Å². The number of nitrogens with one attached hydrogen (secondary N) is 3. The predicted octanol–water partition coefficient (Wildman–Crippen LogP) is 2.45. The van der Waals surface area contributed by atoms with Crippen molar-refractivity contribution in [2.75, 3.05) is 11.9 Å². The van der Waals surface area contributed by atoms with E-state index in [1.165, 1.54) is 0 Å². The first-order valence-electron chi connectivity index (χ1n) is 7.42. The van der Waals surface area contributed by atoms with Gasteiger partial charge in [-0.3, -0.25) is 10.4 Å². The number of aromatic nitrogens is 2.